The molecule has 1 unspecified atom stereocenters. The molecule has 1 aromatic heterocycles. The van der Waals surface area contributed by atoms with Gasteiger partial charge in [-0.2, -0.15) is 0 Å². The lowest BCUT2D eigenvalue weighted by atomic mass is 9.78. The summed E-state index contributed by atoms with van der Waals surface area (Å²) in [6.07, 6.45) is 3.94. The molecule has 0 saturated carbocycles. The second-order valence-electron chi connectivity index (χ2n) is 5.53. The van der Waals surface area contributed by atoms with E-state index in [1.165, 1.54) is 7.11 Å². The Balaban J connectivity index is 2.27. The second-order valence-corrected chi connectivity index (χ2v) is 5.53. The van der Waals surface area contributed by atoms with Crippen molar-refractivity contribution in [1.82, 2.24) is 10.3 Å². The van der Waals surface area contributed by atoms with E-state index >= 15 is 0 Å². The maximum atomic E-state index is 12.5. The van der Waals surface area contributed by atoms with Crippen LogP contribution in [0.4, 0.5) is 0 Å². The van der Waals surface area contributed by atoms with E-state index in [4.69, 9.17) is 4.74 Å². The Kier molecular flexibility index (Phi) is 5.21. The summed E-state index contributed by atoms with van der Waals surface area (Å²) < 4.78 is 5.01. The molecule has 2 aromatic rings. The Hall–Kier alpha value is -2.56. The van der Waals surface area contributed by atoms with Crippen molar-refractivity contribution >= 4 is 11.9 Å². The molecular weight excluding hydrogens is 292 g/mol. The third kappa shape index (κ3) is 3.28. The summed E-state index contributed by atoms with van der Waals surface area (Å²) in [6.45, 7) is 3.96. The molecule has 1 aromatic carbocycles. The third-order valence-electron chi connectivity index (χ3n) is 4.25. The largest absolute Gasteiger partial charge is 0.468 e. The van der Waals surface area contributed by atoms with Gasteiger partial charge in [-0.25, -0.2) is 0 Å². The zero-order chi connectivity index (χ0) is 16.9. The molecule has 0 spiro atoms. The molecule has 5 heteroatoms. The Morgan fingerprint density at radius 2 is 1.91 bits per heavy atom. The van der Waals surface area contributed by atoms with Gasteiger partial charge in [0.1, 0.15) is 5.41 Å². The SMILES string of the molecule is CCC(CNC(=O)c1c[nH]cc1C)(C(=O)OC)c1ccccc1. The summed E-state index contributed by atoms with van der Waals surface area (Å²) >= 11 is 0. The van der Waals surface area contributed by atoms with Crippen LogP contribution < -0.4 is 5.32 Å². The van der Waals surface area contributed by atoms with Crippen molar-refractivity contribution in [1.29, 1.82) is 0 Å². The second kappa shape index (κ2) is 7.13. The van der Waals surface area contributed by atoms with E-state index in [1.807, 2.05) is 44.2 Å². The fourth-order valence-electron chi connectivity index (χ4n) is 2.73. The van der Waals surface area contributed by atoms with E-state index in [-0.39, 0.29) is 18.4 Å². The number of amides is 1. The molecular formula is C18H22N2O3. The Morgan fingerprint density at radius 3 is 2.43 bits per heavy atom. The maximum Gasteiger partial charge on any atom is 0.318 e. The lowest BCUT2D eigenvalue weighted by Crippen LogP contribution is -2.47. The van der Waals surface area contributed by atoms with Gasteiger partial charge in [-0.15, -0.1) is 0 Å². The number of esters is 1. The van der Waals surface area contributed by atoms with Crippen LogP contribution in [0.2, 0.25) is 0 Å². The van der Waals surface area contributed by atoms with Crippen molar-refractivity contribution in [3.05, 3.63) is 59.4 Å². The number of carbonyl (C=O) groups is 2. The van der Waals surface area contributed by atoms with E-state index in [9.17, 15) is 9.59 Å². The molecule has 23 heavy (non-hydrogen) atoms. The van der Waals surface area contributed by atoms with Crippen molar-refractivity contribution in [3.8, 4) is 0 Å². The number of carbonyl (C=O) groups excluding carboxylic acids is 2. The minimum Gasteiger partial charge on any atom is -0.468 e. The van der Waals surface area contributed by atoms with E-state index < -0.39 is 5.41 Å². The highest BCUT2D eigenvalue weighted by Gasteiger charge is 2.40. The molecule has 0 aliphatic heterocycles. The van der Waals surface area contributed by atoms with Crippen LogP contribution in [0, 0.1) is 6.92 Å². The van der Waals surface area contributed by atoms with E-state index in [0.29, 0.717) is 12.0 Å². The fraction of sp³-hybridized carbons (Fsp3) is 0.333. The first-order valence-corrected chi connectivity index (χ1v) is 7.60. The highest BCUT2D eigenvalue weighted by atomic mass is 16.5. The number of hydrogen-bond donors (Lipinski definition) is 2. The number of ether oxygens (including phenoxy) is 1. The Labute approximate surface area is 136 Å². The minimum atomic E-state index is -0.893. The highest BCUT2D eigenvalue weighted by molar-refractivity contribution is 5.96. The van der Waals surface area contributed by atoms with Gasteiger partial charge in [-0.1, -0.05) is 37.3 Å². The average Bonchev–Trinajstić information content (AvgIpc) is 3.02. The van der Waals surface area contributed by atoms with Crippen molar-refractivity contribution in [2.75, 3.05) is 13.7 Å². The molecule has 1 atom stereocenters. The van der Waals surface area contributed by atoms with Crippen LogP contribution >= 0.6 is 0 Å². The van der Waals surface area contributed by atoms with Crippen molar-refractivity contribution in [3.63, 3.8) is 0 Å². The van der Waals surface area contributed by atoms with Gasteiger partial charge < -0.3 is 15.0 Å². The van der Waals surface area contributed by atoms with Gasteiger partial charge in [0, 0.05) is 18.9 Å². The van der Waals surface area contributed by atoms with Crippen molar-refractivity contribution in [2.24, 2.45) is 0 Å². The molecule has 1 amide bonds. The van der Waals surface area contributed by atoms with Gasteiger partial charge in [-0.3, -0.25) is 9.59 Å². The van der Waals surface area contributed by atoms with Crippen molar-refractivity contribution < 1.29 is 14.3 Å². The molecule has 2 rings (SSSR count). The summed E-state index contributed by atoms with van der Waals surface area (Å²) in [5, 5.41) is 2.87. The van der Waals surface area contributed by atoms with Gasteiger partial charge in [0.25, 0.3) is 5.91 Å². The number of nitrogens with one attached hydrogen (secondary N) is 2. The summed E-state index contributed by atoms with van der Waals surface area (Å²) in [5.41, 5.74) is 1.38. The predicted octanol–water partition coefficient (Wildman–Crippen LogP) is 2.57. The monoisotopic (exact) mass is 314 g/mol. The number of methoxy groups -OCH3 is 1. The summed E-state index contributed by atoms with van der Waals surface area (Å²) in [7, 11) is 1.37. The molecule has 0 aliphatic carbocycles. The lowest BCUT2D eigenvalue weighted by Gasteiger charge is -2.30. The number of hydrogen-bond acceptors (Lipinski definition) is 3. The highest BCUT2D eigenvalue weighted by Crippen LogP contribution is 2.29. The number of H-pyrrole nitrogens is 1. The quantitative estimate of drug-likeness (QED) is 0.805. The minimum absolute atomic E-state index is 0.184. The van der Waals surface area contributed by atoms with E-state index in [2.05, 4.69) is 10.3 Å². The number of benzene rings is 1. The first kappa shape index (κ1) is 16.8. The van der Waals surface area contributed by atoms with Crippen LogP contribution in [0.15, 0.2) is 42.7 Å². The van der Waals surface area contributed by atoms with Crippen LogP contribution in [-0.2, 0) is 14.9 Å². The molecule has 122 valence electrons. The summed E-state index contributed by atoms with van der Waals surface area (Å²) in [4.78, 5) is 27.7. The molecule has 0 radical (unpaired) electrons. The van der Waals surface area contributed by atoms with Crippen LogP contribution in [-0.4, -0.2) is 30.5 Å². The number of rotatable bonds is 6. The molecule has 0 saturated heterocycles. The molecule has 0 aliphatic rings. The first-order valence-electron chi connectivity index (χ1n) is 7.60. The van der Waals surface area contributed by atoms with E-state index in [0.717, 1.165) is 11.1 Å². The van der Waals surface area contributed by atoms with Gasteiger partial charge in [0.05, 0.1) is 12.7 Å². The number of aromatic nitrogens is 1. The predicted molar refractivity (Wildman–Crippen MR) is 88.3 cm³/mol. The lowest BCUT2D eigenvalue weighted by molar-refractivity contribution is -0.147. The molecule has 1 heterocycles. The Morgan fingerprint density at radius 1 is 1.22 bits per heavy atom. The smallest absolute Gasteiger partial charge is 0.318 e. The third-order valence-corrected chi connectivity index (χ3v) is 4.25. The van der Waals surface area contributed by atoms with Crippen LogP contribution in [0.5, 0.6) is 0 Å². The zero-order valence-electron chi connectivity index (χ0n) is 13.7. The van der Waals surface area contributed by atoms with Crippen LogP contribution in [0.25, 0.3) is 0 Å². The summed E-state index contributed by atoms with van der Waals surface area (Å²) in [5.74, 6) is -0.557. The van der Waals surface area contributed by atoms with Gasteiger partial charge in [0.2, 0.25) is 0 Å². The standard InChI is InChI=1S/C18H22N2O3/c1-4-18(17(22)23-3,14-8-6-5-7-9-14)12-20-16(21)15-11-19-10-13(15)2/h5-11,19H,4,12H2,1-3H3,(H,20,21). The molecule has 2 N–H and O–H groups in total. The summed E-state index contributed by atoms with van der Waals surface area (Å²) in [6, 6.07) is 9.41. The molecule has 0 bridgehead atoms. The first-order chi connectivity index (χ1) is 11.0. The van der Waals surface area contributed by atoms with Gasteiger partial charge in [-0.05, 0) is 24.5 Å². The van der Waals surface area contributed by atoms with Gasteiger partial charge >= 0.3 is 5.97 Å². The molecule has 5 nitrogen and oxygen atoms in total. The van der Waals surface area contributed by atoms with E-state index in [1.54, 1.807) is 12.4 Å². The fourth-order valence-corrected chi connectivity index (χ4v) is 2.73. The Bertz CT molecular complexity index is 679. The number of aryl methyl sites for hydroxylation is 1. The number of aromatic amines is 1. The zero-order valence-corrected chi connectivity index (χ0v) is 13.7. The normalized spacial score (nSPS) is 13.2. The van der Waals surface area contributed by atoms with Crippen LogP contribution in [0.3, 0.4) is 0 Å². The molecule has 0 fully saturated rings. The topological polar surface area (TPSA) is 71.2 Å². The van der Waals surface area contributed by atoms with Gasteiger partial charge in [0.15, 0.2) is 0 Å². The van der Waals surface area contributed by atoms with Crippen molar-refractivity contribution in [2.45, 2.75) is 25.7 Å². The average molecular weight is 314 g/mol. The maximum absolute atomic E-state index is 12.5. The van der Waals surface area contributed by atoms with Crippen LogP contribution in [0.1, 0.15) is 34.8 Å².